The van der Waals surface area contributed by atoms with E-state index in [4.69, 9.17) is 9.47 Å². The van der Waals surface area contributed by atoms with E-state index in [0.717, 1.165) is 49.7 Å². The molecule has 4 nitrogen and oxygen atoms in total. The lowest BCUT2D eigenvalue weighted by molar-refractivity contribution is 0.0338. The Labute approximate surface area is 102 Å². The van der Waals surface area contributed by atoms with Crippen LogP contribution in [0.3, 0.4) is 0 Å². The van der Waals surface area contributed by atoms with Gasteiger partial charge in [0.15, 0.2) is 0 Å². The second-order valence-corrected chi connectivity index (χ2v) is 4.16. The van der Waals surface area contributed by atoms with Gasteiger partial charge < -0.3 is 14.6 Å². The minimum absolute atomic E-state index is 0.0140. The summed E-state index contributed by atoms with van der Waals surface area (Å²) in [6.45, 7) is 4.35. The number of hydrogen-bond acceptors (Lipinski definition) is 4. The first-order valence-corrected chi connectivity index (χ1v) is 5.91. The molecule has 0 spiro atoms. The molecule has 1 heterocycles. The first-order chi connectivity index (χ1) is 8.35. The lowest BCUT2D eigenvalue weighted by atomic mass is 10.1. The molecule has 0 unspecified atom stereocenters. The van der Waals surface area contributed by atoms with Gasteiger partial charge in [-0.1, -0.05) is 18.2 Å². The number of morpholine rings is 1. The summed E-state index contributed by atoms with van der Waals surface area (Å²) in [4.78, 5) is 2.34. The summed E-state index contributed by atoms with van der Waals surface area (Å²) in [6.07, 6.45) is 0. The van der Waals surface area contributed by atoms with Crippen molar-refractivity contribution in [1.29, 1.82) is 0 Å². The number of aliphatic hydroxyl groups excluding tert-OH is 1. The standard InChI is InChI=1S/C13H19NO3/c1-16-13-11(3-2-4-12(13)10-15)9-14-5-7-17-8-6-14/h2-4,15H,5-10H2,1H3. The Morgan fingerprint density at radius 3 is 2.65 bits per heavy atom. The van der Waals surface area contributed by atoms with Gasteiger partial charge in [0, 0.05) is 30.8 Å². The maximum absolute atomic E-state index is 9.27. The highest BCUT2D eigenvalue weighted by Crippen LogP contribution is 2.25. The van der Waals surface area contributed by atoms with Crippen LogP contribution in [0.15, 0.2) is 18.2 Å². The molecule has 0 saturated carbocycles. The molecule has 0 aromatic heterocycles. The highest BCUT2D eigenvalue weighted by molar-refractivity contribution is 5.41. The van der Waals surface area contributed by atoms with Crippen LogP contribution in [0.5, 0.6) is 5.75 Å². The van der Waals surface area contributed by atoms with Gasteiger partial charge in [0.2, 0.25) is 0 Å². The summed E-state index contributed by atoms with van der Waals surface area (Å²) in [5.41, 5.74) is 1.97. The highest BCUT2D eigenvalue weighted by atomic mass is 16.5. The summed E-state index contributed by atoms with van der Waals surface area (Å²) in [5, 5.41) is 9.27. The lowest BCUT2D eigenvalue weighted by Crippen LogP contribution is -2.35. The van der Waals surface area contributed by atoms with Gasteiger partial charge in [-0.15, -0.1) is 0 Å². The normalized spacial score (nSPS) is 17.1. The van der Waals surface area contributed by atoms with E-state index in [0.29, 0.717) is 0 Å². The lowest BCUT2D eigenvalue weighted by Gasteiger charge is -2.27. The minimum Gasteiger partial charge on any atom is -0.496 e. The van der Waals surface area contributed by atoms with Crippen LogP contribution in [0.2, 0.25) is 0 Å². The van der Waals surface area contributed by atoms with Gasteiger partial charge in [0.05, 0.1) is 26.9 Å². The van der Waals surface area contributed by atoms with Gasteiger partial charge >= 0.3 is 0 Å². The van der Waals surface area contributed by atoms with E-state index >= 15 is 0 Å². The van der Waals surface area contributed by atoms with Crippen molar-refractivity contribution in [2.75, 3.05) is 33.4 Å². The number of rotatable bonds is 4. The van der Waals surface area contributed by atoms with Crippen LogP contribution < -0.4 is 4.74 Å². The summed E-state index contributed by atoms with van der Waals surface area (Å²) in [7, 11) is 1.65. The fourth-order valence-corrected chi connectivity index (χ4v) is 2.15. The van der Waals surface area contributed by atoms with E-state index in [2.05, 4.69) is 4.90 Å². The minimum atomic E-state index is 0.0140. The largest absolute Gasteiger partial charge is 0.496 e. The monoisotopic (exact) mass is 237 g/mol. The number of aliphatic hydroxyl groups is 1. The molecule has 1 aromatic carbocycles. The van der Waals surface area contributed by atoms with Gasteiger partial charge in [0.25, 0.3) is 0 Å². The van der Waals surface area contributed by atoms with Crippen molar-refractivity contribution >= 4 is 0 Å². The van der Waals surface area contributed by atoms with Crippen molar-refractivity contribution in [2.45, 2.75) is 13.2 Å². The van der Waals surface area contributed by atoms with Gasteiger partial charge in [-0.3, -0.25) is 4.90 Å². The molecule has 1 aromatic rings. The molecule has 2 rings (SSSR count). The molecule has 17 heavy (non-hydrogen) atoms. The van der Waals surface area contributed by atoms with Crippen molar-refractivity contribution in [2.24, 2.45) is 0 Å². The predicted octanol–water partition coefficient (Wildman–Crippen LogP) is 1.02. The molecule has 0 amide bonds. The molecule has 0 aliphatic carbocycles. The van der Waals surface area contributed by atoms with Crippen molar-refractivity contribution in [3.8, 4) is 5.75 Å². The number of benzene rings is 1. The third-order valence-corrected chi connectivity index (χ3v) is 3.05. The molecule has 1 aliphatic rings. The van der Waals surface area contributed by atoms with Crippen LogP contribution in [-0.2, 0) is 17.9 Å². The molecule has 94 valence electrons. The Hall–Kier alpha value is -1.10. The fraction of sp³-hybridized carbons (Fsp3) is 0.538. The van der Waals surface area contributed by atoms with Crippen LogP contribution in [0, 0.1) is 0 Å². The third-order valence-electron chi connectivity index (χ3n) is 3.05. The molecule has 0 bridgehead atoms. The van der Waals surface area contributed by atoms with Gasteiger partial charge in [0.1, 0.15) is 5.75 Å². The Morgan fingerprint density at radius 1 is 1.29 bits per heavy atom. The molecule has 4 heteroatoms. The quantitative estimate of drug-likeness (QED) is 0.849. The van der Waals surface area contributed by atoms with E-state index < -0.39 is 0 Å². The maximum Gasteiger partial charge on any atom is 0.128 e. The number of ether oxygens (including phenoxy) is 2. The molecule has 1 aliphatic heterocycles. The number of hydrogen-bond donors (Lipinski definition) is 1. The average molecular weight is 237 g/mol. The Morgan fingerprint density at radius 2 is 2.00 bits per heavy atom. The van der Waals surface area contributed by atoms with E-state index in [9.17, 15) is 5.11 Å². The van der Waals surface area contributed by atoms with E-state index in [-0.39, 0.29) is 6.61 Å². The zero-order valence-electron chi connectivity index (χ0n) is 10.2. The Kier molecular flexibility index (Phi) is 4.36. The summed E-state index contributed by atoms with van der Waals surface area (Å²) >= 11 is 0. The molecule has 1 fully saturated rings. The third kappa shape index (κ3) is 2.97. The van der Waals surface area contributed by atoms with Gasteiger partial charge in [-0.2, -0.15) is 0 Å². The number of methoxy groups -OCH3 is 1. The van der Waals surface area contributed by atoms with Crippen LogP contribution >= 0.6 is 0 Å². The topological polar surface area (TPSA) is 41.9 Å². The molecule has 0 atom stereocenters. The number of para-hydroxylation sites is 1. The van der Waals surface area contributed by atoms with E-state index in [1.165, 1.54) is 0 Å². The van der Waals surface area contributed by atoms with Gasteiger partial charge in [-0.05, 0) is 0 Å². The molecule has 0 radical (unpaired) electrons. The molecular weight excluding hydrogens is 218 g/mol. The Bertz CT molecular complexity index is 362. The van der Waals surface area contributed by atoms with Crippen LogP contribution in [0.25, 0.3) is 0 Å². The first kappa shape index (κ1) is 12.4. The summed E-state index contributed by atoms with van der Waals surface area (Å²) in [5.74, 6) is 0.807. The second-order valence-electron chi connectivity index (χ2n) is 4.16. The van der Waals surface area contributed by atoms with Crippen LogP contribution in [0.1, 0.15) is 11.1 Å². The maximum atomic E-state index is 9.27. The molecule has 1 N–H and O–H groups in total. The van der Waals surface area contributed by atoms with Crippen LogP contribution in [0.4, 0.5) is 0 Å². The SMILES string of the molecule is COc1c(CO)cccc1CN1CCOCC1. The average Bonchev–Trinajstić information content (AvgIpc) is 2.39. The smallest absolute Gasteiger partial charge is 0.128 e. The molecular formula is C13H19NO3. The Balaban J connectivity index is 2.13. The highest BCUT2D eigenvalue weighted by Gasteiger charge is 2.14. The van der Waals surface area contributed by atoms with Crippen molar-refractivity contribution in [3.63, 3.8) is 0 Å². The molecule has 1 saturated heterocycles. The number of nitrogens with zero attached hydrogens (tertiary/aromatic N) is 1. The fourth-order valence-electron chi connectivity index (χ4n) is 2.15. The summed E-state index contributed by atoms with van der Waals surface area (Å²) < 4.78 is 10.7. The predicted molar refractivity (Wildman–Crippen MR) is 65.0 cm³/mol. The van der Waals surface area contributed by atoms with E-state index in [1.54, 1.807) is 7.11 Å². The van der Waals surface area contributed by atoms with Gasteiger partial charge in [-0.25, -0.2) is 0 Å². The van der Waals surface area contributed by atoms with Crippen molar-refractivity contribution < 1.29 is 14.6 Å². The zero-order valence-corrected chi connectivity index (χ0v) is 10.2. The van der Waals surface area contributed by atoms with Crippen LogP contribution in [-0.4, -0.2) is 43.4 Å². The first-order valence-electron chi connectivity index (χ1n) is 5.91. The van der Waals surface area contributed by atoms with Crippen molar-refractivity contribution in [1.82, 2.24) is 4.90 Å². The summed E-state index contributed by atoms with van der Waals surface area (Å²) in [6, 6.07) is 5.90. The zero-order chi connectivity index (χ0) is 12.1. The van der Waals surface area contributed by atoms with Crippen molar-refractivity contribution in [3.05, 3.63) is 29.3 Å². The van der Waals surface area contributed by atoms with E-state index in [1.807, 2.05) is 18.2 Å². The second kappa shape index (κ2) is 6.00.